The van der Waals surface area contributed by atoms with E-state index in [0.29, 0.717) is 0 Å². The summed E-state index contributed by atoms with van der Waals surface area (Å²) in [4.78, 5) is 56.8. The Bertz CT molecular complexity index is 1670. The number of nitrogens with zero attached hydrogens (tertiary/aromatic N) is 3. The number of aliphatic imine (C=N–C) groups is 1. The Morgan fingerprint density at radius 1 is 1.13 bits per heavy atom. The number of hydrogen-bond donors (Lipinski definition) is 13. The van der Waals surface area contributed by atoms with Gasteiger partial charge in [0, 0.05) is 4.91 Å². The third kappa shape index (κ3) is 6.87. The maximum atomic E-state index is 12.6. The summed E-state index contributed by atoms with van der Waals surface area (Å²) >= 11 is 8.83. The number of aliphatic hydroxyl groups excluding tert-OH is 2. The summed E-state index contributed by atoms with van der Waals surface area (Å²) in [6.45, 7) is -1.76. The standard InChI is InChI=1S/C20H30N10O13P2S2/c21-19-26-13-7(15(33)28-19)24-6-12(47)11(46)5(41-17(6)25-13)2-40-45(37,38)43-44(35,36)39-1-4-9(31)10(32)18(42-4)30-3-23-8-14(30)27-20(22)29-16(8)34/h4,6-7,9-10,12,17-19,23-24,31-32,46-47H,1-3,21H2,(H,25,26)(H,28,33)(H,35,36)(H,37,38)(H3,22,27,29,34)/t4-,6+,7+,9-,10-,12?,17-,18-,19?/m1/s1. The highest BCUT2D eigenvalue weighted by Gasteiger charge is 2.50. The fraction of sp³-hybridized carbons (Fsp3) is 0.600. The molecule has 260 valence electrons. The number of carbonyl (C=O) groups excluding carboxylic acids is 1. The van der Waals surface area contributed by atoms with Crippen molar-refractivity contribution in [1.82, 2.24) is 25.9 Å². The van der Waals surface area contributed by atoms with Gasteiger partial charge in [0.2, 0.25) is 18.1 Å². The third-order valence-electron chi connectivity index (χ3n) is 7.47. The number of hydrogen-bond acceptors (Lipinski definition) is 21. The van der Waals surface area contributed by atoms with Crippen molar-refractivity contribution in [3.05, 3.63) is 21.0 Å². The first-order valence-electron chi connectivity index (χ1n) is 13.5. The summed E-state index contributed by atoms with van der Waals surface area (Å²) in [6, 6.07) is -1.52. The lowest BCUT2D eigenvalue weighted by molar-refractivity contribution is -0.124. The fourth-order valence-corrected chi connectivity index (χ4v) is 7.99. The Labute approximate surface area is 274 Å². The van der Waals surface area contributed by atoms with Crippen LogP contribution in [0.1, 0.15) is 0 Å². The lowest BCUT2D eigenvalue weighted by atomic mass is 10.0. The molecule has 27 heteroatoms. The molecule has 1 amide bonds. The van der Waals surface area contributed by atoms with Crippen molar-refractivity contribution >= 4 is 70.1 Å². The topological polar surface area (TPSA) is 340 Å². The van der Waals surface area contributed by atoms with Crippen LogP contribution in [0.25, 0.3) is 0 Å². The molecule has 2 saturated heterocycles. The number of amidine groups is 1. The molecule has 5 aliphatic rings. The van der Waals surface area contributed by atoms with Crippen molar-refractivity contribution in [2.75, 3.05) is 35.8 Å². The molecule has 23 nitrogen and oxygen atoms in total. The van der Waals surface area contributed by atoms with Crippen molar-refractivity contribution < 1.29 is 56.8 Å². The number of thiol groups is 2. The molecule has 1 aromatic heterocycles. The van der Waals surface area contributed by atoms with Crippen molar-refractivity contribution in [1.29, 1.82) is 0 Å². The maximum Gasteiger partial charge on any atom is 0.481 e. The number of aliphatic hydroxyl groups is 2. The molecule has 47 heavy (non-hydrogen) atoms. The Morgan fingerprint density at radius 2 is 1.85 bits per heavy atom. The van der Waals surface area contributed by atoms with Crippen molar-refractivity contribution in [2.24, 2.45) is 10.7 Å². The van der Waals surface area contributed by atoms with E-state index in [4.69, 9.17) is 30.0 Å². The van der Waals surface area contributed by atoms with Crippen LogP contribution in [-0.2, 0) is 36.8 Å². The molecule has 5 aliphatic heterocycles. The highest BCUT2D eigenvalue weighted by atomic mass is 32.1. The van der Waals surface area contributed by atoms with Crippen LogP contribution in [0.2, 0.25) is 0 Å². The summed E-state index contributed by atoms with van der Waals surface area (Å²) in [5.74, 6) is -0.546. The molecular formula is C20H30N10O13P2S2. The Morgan fingerprint density at radius 3 is 2.60 bits per heavy atom. The van der Waals surface area contributed by atoms with Crippen LogP contribution in [0, 0.1) is 0 Å². The van der Waals surface area contributed by atoms with Crippen LogP contribution < -0.4 is 43.2 Å². The number of fused-ring (bicyclic) bond motifs is 3. The van der Waals surface area contributed by atoms with Crippen LogP contribution in [-0.4, -0.2) is 116 Å². The van der Waals surface area contributed by atoms with E-state index in [1.165, 1.54) is 4.90 Å². The monoisotopic (exact) mass is 744 g/mol. The highest BCUT2D eigenvalue weighted by Crippen LogP contribution is 2.61. The number of rotatable bonds is 9. The summed E-state index contributed by atoms with van der Waals surface area (Å²) in [6.07, 6.45) is -7.93. The van der Waals surface area contributed by atoms with Crippen LogP contribution >= 0.6 is 40.9 Å². The van der Waals surface area contributed by atoms with Crippen LogP contribution in [0.4, 0.5) is 17.5 Å². The second kappa shape index (κ2) is 12.8. The average Bonchev–Trinajstić information content (AvgIpc) is 3.52. The van der Waals surface area contributed by atoms with Crippen LogP contribution in [0.15, 0.2) is 20.5 Å². The number of aromatic amines is 1. The number of ether oxygens (including phenoxy) is 2. The molecule has 0 spiro atoms. The van der Waals surface area contributed by atoms with Gasteiger partial charge in [-0.15, -0.1) is 12.6 Å². The smallest absolute Gasteiger partial charge is 0.468 e. The molecule has 11 atom stereocenters. The summed E-state index contributed by atoms with van der Waals surface area (Å²) in [5, 5.41) is 31.4. The fourth-order valence-electron chi connectivity index (χ4n) is 5.30. The van der Waals surface area contributed by atoms with Gasteiger partial charge in [-0.3, -0.25) is 34.7 Å². The second-order valence-corrected chi connectivity index (χ2v) is 14.7. The van der Waals surface area contributed by atoms with E-state index in [2.05, 4.69) is 65.8 Å². The number of H-pyrrole nitrogens is 1. The third-order valence-corrected chi connectivity index (χ3v) is 11.4. The molecule has 2 fully saturated rings. The van der Waals surface area contributed by atoms with E-state index in [1.54, 1.807) is 0 Å². The minimum absolute atomic E-state index is 0.0263. The van der Waals surface area contributed by atoms with Gasteiger partial charge in [0.25, 0.3) is 5.56 Å². The Balaban J connectivity index is 1.04. The van der Waals surface area contributed by atoms with Crippen molar-refractivity contribution in [2.45, 2.75) is 54.4 Å². The molecule has 13 N–H and O–H groups in total. The normalized spacial score (nSPS) is 35.6. The lowest BCUT2D eigenvalue weighted by Gasteiger charge is -2.43. The average molecular weight is 745 g/mol. The van der Waals surface area contributed by atoms with Gasteiger partial charge in [0.15, 0.2) is 18.3 Å². The molecule has 6 rings (SSSR count). The van der Waals surface area contributed by atoms with Gasteiger partial charge >= 0.3 is 15.6 Å². The second-order valence-electron chi connectivity index (χ2n) is 10.6. The quantitative estimate of drug-likeness (QED) is 0.0841. The molecule has 1 aromatic rings. The van der Waals surface area contributed by atoms with Gasteiger partial charge in [0.05, 0.1) is 24.6 Å². The van der Waals surface area contributed by atoms with Gasteiger partial charge in [0.1, 0.15) is 48.2 Å². The predicted octanol–water partition coefficient (Wildman–Crippen LogP) is -4.26. The van der Waals surface area contributed by atoms with Gasteiger partial charge in [-0.05, 0) is 0 Å². The summed E-state index contributed by atoms with van der Waals surface area (Å²) in [7, 11) is -10.7. The molecule has 0 radical (unpaired) electrons. The minimum atomic E-state index is -5.37. The predicted molar refractivity (Wildman–Crippen MR) is 165 cm³/mol. The van der Waals surface area contributed by atoms with Gasteiger partial charge in [-0.2, -0.15) is 21.9 Å². The van der Waals surface area contributed by atoms with E-state index in [0.717, 1.165) is 0 Å². The van der Waals surface area contributed by atoms with Gasteiger partial charge < -0.3 is 56.1 Å². The number of phosphoric acid groups is 2. The Hall–Kier alpha value is -2.48. The minimum Gasteiger partial charge on any atom is -0.468 e. The van der Waals surface area contributed by atoms with E-state index < -0.39 is 94.7 Å². The number of nitrogen functional groups attached to an aromatic ring is 1. The zero-order chi connectivity index (χ0) is 34.0. The molecular weight excluding hydrogens is 714 g/mol. The first-order valence-corrected chi connectivity index (χ1v) is 17.5. The van der Waals surface area contributed by atoms with Crippen molar-refractivity contribution in [3.63, 3.8) is 0 Å². The van der Waals surface area contributed by atoms with E-state index >= 15 is 0 Å². The number of nitrogens with one attached hydrogen (secondary N) is 5. The van der Waals surface area contributed by atoms with Gasteiger partial charge in [-0.1, -0.05) is 0 Å². The largest absolute Gasteiger partial charge is 0.481 e. The molecule has 0 saturated carbocycles. The molecule has 0 bridgehead atoms. The van der Waals surface area contributed by atoms with E-state index in [1.807, 2.05) is 0 Å². The first kappa shape index (κ1) is 34.4. The number of phosphoric ester groups is 2. The number of nitrogens with two attached hydrogens (primary N) is 2. The summed E-state index contributed by atoms with van der Waals surface area (Å²) < 4.78 is 50.5. The van der Waals surface area contributed by atoms with Crippen LogP contribution in [0.3, 0.4) is 0 Å². The number of amides is 1. The first-order chi connectivity index (χ1) is 22.0. The van der Waals surface area contributed by atoms with Gasteiger partial charge in [-0.25, -0.2) is 14.1 Å². The van der Waals surface area contributed by atoms with Crippen LogP contribution in [0.5, 0.6) is 0 Å². The van der Waals surface area contributed by atoms with Crippen molar-refractivity contribution in [3.8, 4) is 0 Å². The highest BCUT2D eigenvalue weighted by molar-refractivity contribution is 7.88. The van der Waals surface area contributed by atoms with E-state index in [9.17, 15) is 38.7 Å². The summed E-state index contributed by atoms with van der Waals surface area (Å²) in [5.41, 5.74) is 10.8. The molecule has 6 heterocycles. The molecule has 4 unspecified atom stereocenters. The SMILES string of the molecule is Nc1nc2c(c(=O)[nH]1)NCN2[C@@H]1O[C@H](COP(=O)(O)OP(=O)(O)OCC2=C(S)C(S)[C@@H]3N[C@@H]4C(=O)NC(N)NC4=N[C@@H]3O2)[C@@H](O)[C@H]1O. The number of anilines is 3. The maximum absolute atomic E-state index is 12.6. The number of aromatic nitrogens is 2. The lowest BCUT2D eigenvalue weighted by Crippen LogP contribution is -2.73. The zero-order valence-electron chi connectivity index (χ0n) is 23.6. The zero-order valence-corrected chi connectivity index (χ0v) is 27.1. The van der Waals surface area contributed by atoms with E-state index in [-0.39, 0.29) is 40.6 Å². The molecule has 0 aromatic carbocycles. The number of carbonyl (C=O) groups is 1. The molecule has 0 aliphatic carbocycles. The Kier molecular flexibility index (Phi) is 9.34.